The largest absolute Gasteiger partial charge is 0.356 e. The molecule has 1 aliphatic heterocycles. The number of carbonyl (C=O) groups excluding carboxylic acids is 2. The van der Waals surface area contributed by atoms with Crippen LogP contribution >= 0.6 is 0 Å². The summed E-state index contributed by atoms with van der Waals surface area (Å²) in [5, 5.41) is 6.78. The van der Waals surface area contributed by atoms with Gasteiger partial charge in [-0.3, -0.25) is 14.6 Å². The molecule has 1 unspecified atom stereocenters. The second-order valence-corrected chi connectivity index (χ2v) is 5.66. The summed E-state index contributed by atoms with van der Waals surface area (Å²) in [6.45, 7) is 1.35. The third-order valence-electron chi connectivity index (χ3n) is 4.07. The lowest BCUT2D eigenvalue weighted by Crippen LogP contribution is -2.36. The Labute approximate surface area is 129 Å². The van der Waals surface area contributed by atoms with Gasteiger partial charge in [0.25, 0.3) is 5.91 Å². The summed E-state index contributed by atoms with van der Waals surface area (Å²) >= 11 is 0. The highest BCUT2D eigenvalue weighted by Gasteiger charge is 2.17. The van der Waals surface area contributed by atoms with Crippen LogP contribution in [0.4, 0.5) is 0 Å². The van der Waals surface area contributed by atoms with E-state index in [9.17, 15) is 9.59 Å². The average molecular weight is 297 g/mol. The lowest BCUT2D eigenvalue weighted by Gasteiger charge is -2.22. The van der Waals surface area contributed by atoms with Gasteiger partial charge in [-0.25, -0.2) is 0 Å². The fraction of sp³-hybridized carbons (Fsp3) is 0.353. The van der Waals surface area contributed by atoms with Gasteiger partial charge in [-0.2, -0.15) is 0 Å². The molecule has 3 rings (SSSR count). The number of hydrogen-bond donors (Lipinski definition) is 2. The van der Waals surface area contributed by atoms with E-state index in [1.165, 1.54) is 0 Å². The van der Waals surface area contributed by atoms with Gasteiger partial charge >= 0.3 is 0 Å². The van der Waals surface area contributed by atoms with Gasteiger partial charge in [-0.05, 0) is 43.0 Å². The van der Waals surface area contributed by atoms with E-state index in [1.54, 1.807) is 12.3 Å². The van der Waals surface area contributed by atoms with Crippen molar-refractivity contribution in [3.8, 4) is 0 Å². The third kappa shape index (κ3) is 3.42. The van der Waals surface area contributed by atoms with Crippen molar-refractivity contribution in [2.45, 2.75) is 19.3 Å². The van der Waals surface area contributed by atoms with Gasteiger partial charge in [0.15, 0.2) is 0 Å². The van der Waals surface area contributed by atoms with Crippen molar-refractivity contribution in [1.29, 1.82) is 0 Å². The molecule has 0 spiro atoms. The first-order chi connectivity index (χ1) is 10.7. The monoisotopic (exact) mass is 297 g/mol. The molecule has 1 aliphatic rings. The lowest BCUT2D eigenvalue weighted by molar-refractivity contribution is -0.122. The first-order valence-electron chi connectivity index (χ1n) is 7.62. The predicted molar refractivity (Wildman–Crippen MR) is 84.4 cm³/mol. The molecule has 2 aromatic rings. The Hall–Kier alpha value is -2.43. The first-order valence-corrected chi connectivity index (χ1v) is 7.62. The number of piperidine rings is 1. The summed E-state index contributed by atoms with van der Waals surface area (Å²) in [6.07, 6.45) is 4.13. The van der Waals surface area contributed by atoms with Crippen molar-refractivity contribution in [2.75, 3.05) is 13.1 Å². The first kappa shape index (κ1) is 14.5. The van der Waals surface area contributed by atoms with Gasteiger partial charge in [-0.15, -0.1) is 0 Å². The standard InChI is InChI=1S/C17H19N3O2/c21-16-6-3-12(11-20-16)7-9-19-17(22)14-4-5-15-13(10-14)2-1-8-18-15/h1-2,4-5,8,10,12H,3,6-7,9,11H2,(H,19,22)(H,20,21). The van der Waals surface area contributed by atoms with Gasteiger partial charge in [0.05, 0.1) is 5.52 Å². The van der Waals surface area contributed by atoms with Crippen molar-refractivity contribution in [1.82, 2.24) is 15.6 Å². The maximum absolute atomic E-state index is 12.2. The summed E-state index contributed by atoms with van der Waals surface area (Å²) in [6, 6.07) is 9.33. The highest BCUT2D eigenvalue weighted by molar-refractivity contribution is 5.97. The molecule has 5 nitrogen and oxygen atoms in total. The smallest absolute Gasteiger partial charge is 0.251 e. The molecule has 114 valence electrons. The molecule has 1 fully saturated rings. The maximum atomic E-state index is 12.2. The molecule has 0 bridgehead atoms. The highest BCUT2D eigenvalue weighted by Crippen LogP contribution is 2.15. The van der Waals surface area contributed by atoms with Crippen molar-refractivity contribution in [3.05, 3.63) is 42.1 Å². The number of carbonyl (C=O) groups is 2. The molecular formula is C17H19N3O2. The number of fused-ring (bicyclic) bond motifs is 1. The number of amides is 2. The minimum Gasteiger partial charge on any atom is -0.356 e. The Bertz CT molecular complexity index is 689. The zero-order valence-corrected chi connectivity index (χ0v) is 12.3. The van der Waals surface area contributed by atoms with E-state index < -0.39 is 0 Å². The van der Waals surface area contributed by atoms with Gasteiger partial charge in [0, 0.05) is 36.7 Å². The van der Waals surface area contributed by atoms with Crippen LogP contribution in [-0.2, 0) is 4.79 Å². The van der Waals surface area contributed by atoms with Crippen LogP contribution in [-0.4, -0.2) is 29.9 Å². The van der Waals surface area contributed by atoms with Crippen LogP contribution in [0.5, 0.6) is 0 Å². The van der Waals surface area contributed by atoms with Crippen LogP contribution in [0.2, 0.25) is 0 Å². The molecule has 0 radical (unpaired) electrons. The summed E-state index contributed by atoms with van der Waals surface area (Å²) in [7, 11) is 0. The summed E-state index contributed by atoms with van der Waals surface area (Å²) in [4.78, 5) is 27.5. The van der Waals surface area contributed by atoms with E-state index in [4.69, 9.17) is 0 Å². The second kappa shape index (κ2) is 6.56. The van der Waals surface area contributed by atoms with Gasteiger partial charge in [0.1, 0.15) is 0 Å². The molecule has 0 aliphatic carbocycles. The fourth-order valence-corrected chi connectivity index (χ4v) is 2.74. The van der Waals surface area contributed by atoms with E-state index in [0.29, 0.717) is 24.4 Å². The van der Waals surface area contributed by atoms with E-state index in [1.807, 2.05) is 24.3 Å². The Kier molecular flexibility index (Phi) is 4.32. The Balaban J connectivity index is 1.53. The molecule has 1 atom stereocenters. The van der Waals surface area contributed by atoms with Gasteiger partial charge in [-0.1, -0.05) is 6.07 Å². The third-order valence-corrected chi connectivity index (χ3v) is 4.07. The number of hydrogen-bond acceptors (Lipinski definition) is 3. The Morgan fingerprint density at radius 1 is 1.36 bits per heavy atom. The zero-order chi connectivity index (χ0) is 15.4. The molecule has 1 aromatic carbocycles. The van der Waals surface area contributed by atoms with Crippen molar-refractivity contribution < 1.29 is 9.59 Å². The molecule has 2 amide bonds. The van der Waals surface area contributed by atoms with Crippen molar-refractivity contribution in [2.24, 2.45) is 5.92 Å². The normalized spacial score (nSPS) is 18.0. The van der Waals surface area contributed by atoms with E-state index in [0.717, 1.165) is 30.3 Å². The van der Waals surface area contributed by atoms with Gasteiger partial charge in [0.2, 0.25) is 5.91 Å². The molecule has 22 heavy (non-hydrogen) atoms. The lowest BCUT2D eigenvalue weighted by atomic mass is 9.96. The molecule has 0 saturated carbocycles. The molecule has 2 N–H and O–H groups in total. The quantitative estimate of drug-likeness (QED) is 0.905. The van der Waals surface area contributed by atoms with Crippen LogP contribution in [0.1, 0.15) is 29.6 Å². The second-order valence-electron chi connectivity index (χ2n) is 5.66. The summed E-state index contributed by atoms with van der Waals surface area (Å²) < 4.78 is 0. The van der Waals surface area contributed by atoms with Crippen LogP contribution in [0.15, 0.2) is 36.5 Å². The van der Waals surface area contributed by atoms with Crippen LogP contribution in [0.3, 0.4) is 0 Å². The Morgan fingerprint density at radius 3 is 3.09 bits per heavy atom. The maximum Gasteiger partial charge on any atom is 0.251 e. The van der Waals surface area contributed by atoms with E-state index in [2.05, 4.69) is 15.6 Å². The van der Waals surface area contributed by atoms with E-state index in [-0.39, 0.29) is 11.8 Å². The number of pyridine rings is 1. The zero-order valence-electron chi connectivity index (χ0n) is 12.3. The number of benzene rings is 1. The SMILES string of the molecule is O=C1CCC(CCNC(=O)c2ccc3ncccc3c2)CN1. The summed E-state index contributed by atoms with van der Waals surface area (Å²) in [5.74, 6) is 0.523. The predicted octanol–water partition coefficient (Wildman–Crippen LogP) is 1.88. The molecular weight excluding hydrogens is 278 g/mol. The van der Waals surface area contributed by atoms with E-state index >= 15 is 0 Å². The molecule has 2 heterocycles. The highest BCUT2D eigenvalue weighted by atomic mass is 16.2. The van der Waals surface area contributed by atoms with Crippen LogP contribution < -0.4 is 10.6 Å². The van der Waals surface area contributed by atoms with Crippen LogP contribution in [0, 0.1) is 5.92 Å². The topological polar surface area (TPSA) is 71.1 Å². The van der Waals surface area contributed by atoms with Crippen molar-refractivity contribution in [3.63, 3.8) is 0 Å². The average Bonchev–Trinajstić information content (AvgIpc) is 2.56. The number of rotatable bonds is 4. The number of nitrogens with zero attached hydrogens (tertiary/aromatic N) is 1. The molecule has 1 saturated heterocycles. The molecule has 1 aromatic heterocycles. The minimum absolute atomic E-state index is 0.0643. The molecule has 5 heteroatoms. The van der Waals surface area contributed by atoms with Crippen molar-refractivity contribution >= 4 is 22.7 Å². The van der Waals surface area contributed by atoms with Gasteiger partial charge < -0.3 is 10.6 Å². The minimum atomic E-state index is -0.0643. The summed E-state index contributed by atoms with van der Waals surface area (Å²) in [5.41, 5.74) is 1.54. The fourth-order valence-electron chi connectivity index (χ4n) is 2.74. The number of nitrogens with one attached hydrogen (secondary N) is 2. The van der Waals surface area contributed by atoms with Crippen LogP contribution in [0.25, 0.3) is 10.9 Å². The number of aromatic nitrogens is 1. The Morgan fingerprint density at radius 2 is 2.27 bits per heavy atom.